The summed E-state index contributed by atoms with van der Waals surface area (Å²) >= 11 is 0. The van der Waals surface area contributed by atoms with Crippen LogP contribution in [0, 0.1) is 0 Å². The van der Waals surface area contributed by atoms with Crippen LogP contribution in [0.25, 0.3) is 21.9 Å². The number of benzene rings is 2. The Balaban J connectivity index is 1.32. The number of aliphatic imine (C=N–C) groups is 1. The predicted molar refractivity (Wildman–Crippen MR) is 112 cm³/mol. The van der Waals surface area contributed by atoms with E-state index in [-0.39, 0.29) is 0 Å². The summed E-state index contributed by atoms with van der Waals surface area (Å²) in [5, 5.41) is 7.65. The van der Waals surface area contributed by atoms with Crippen molar-refractivity contribution in [3.05, 3.63) is 78.4 Å². The van der Waals surface area contributed by atoms with Crippen molar-refractivity contribution >= 4 is 27.9 Å². The van der Waals surface area contributed by atoms with E-state index in [9.17, 15) is 0 Å². The van der Waals surface area contributed by atoms with Gasteiger partial charge in [-0.05, 0) is 52.9 Å². The summed E-state index contributed by atoms with van der Waals surface area (Å²) in [6, 6.07) is 14.5. The molecule has 1 unspecified atom stereocenters. The molecule has 3 heterocycles. The van der Waals surface area contributed by atoms with Gasteiger partial charge < -0.3 is 26.3 Å². The van der Waals surface area contributed by atoms with E-state index in [1.54, 1.807) is 6.33 Å². The third-order valence-electron chi connectivity index (χ3n) is 4.97. The van der Waals surface area contributed by atoms with E-state index >= 15 is 0 Å². The SMILES string of the molecule is NC1(Cc2ccc3nc[nH]c3c2)C=CNC(=NCc2ccc3[nH]ccc3c2)N1. The number of aromatic nitrogens is 3. The molecule has 5 rings (SSSR count). The van der Waals surface area contributed by atoms with Crippen LogP contribution in [0.3, 0.4) is 0 Å². The third-order valence-corrected chi connectivity index (χ3v) is 4.97. The van der Waals surface area contributed by atoms with Crippen LogP contribution < -0.4 is 16.4 Å². The Morgan fingerprint density at radius 2 is 1.93 bits per heavy atom. The molecule has 0 saturated carbocycles. The van der Waals surface area contributed by atoms with Crippen molar-refractivity contribution in [2.24, 2.45) is 10.7 Å². The number of rotatable bonds is 4. The maximum Gasteiger partial charge on any atom is 0.197 e. The standard InChI is InChI=1S/C21H21N7/c22-21(11-14-1-4-18-19(10-14)27-13-26-18)6-8-24-20(28-21)25-12-15-2-3-17-16(9-15)5-7-23-17/h1-10,13,23H,11-12,22H2,(H,26,27)(H2,24,25,28). The van der Waals surface area contributed by atoms with E-state index in [1.807, 2.05) is 24.5 Å². The zero-order valence-electron chi connectivity index (χ0n) is 15.2. The molecular weight excluding hydrogens is 350 g/mol. The number of hydrogen-bond acceptors (Lipinski definition) is 3. The average molecular weight is 371 g/mol. The molecule has 1 aliphatic rings. The minimum atomic E-state index is -0.706. The second kappa shape index (κ2) is 6.54. The quantitative estimate of drug-likeness (QED) is 0.380. The van der Waals surface area contributed by atoms with Gasteiger partial charge in [0, 0.05) is 24.3 Å². The number of hydrogen-bond donors (Lipinski definition) is 5. The van der Waals surface area contributed by atoms with Crippen molar-refractivity contribution < 1.29 is 0 Å². The average Bonchev–Trinajstić information content (AvgIpc) is 3.34. The fraction of sp³-hybridized carbons (Fsp3) is 0.143. The van der Waals surface area contributed by atoms with Crippen LogP contribution in [0.15, 0.2) is 72.3 Å². The van der Waals surface area contributed by atoms with Crippen LogP contribution in [0.5, 0.6) is 0 Å². The third kappa shape index (κ3) is 3.23. The summed E-state index contributed by atoms with van der Waals surface area (Å²) in [5.41, 5.74) is 11.2. The number of H-pyrrole nitrogens is 2. The van der Waals surface area contributed by atoms with Crippen molar-refractivity contribution in [3.63, 3.8) is 0 Å². The van der Waals surface area contributed by atoms with Crippen LogP contribution >= 0.6 is 0 Å². The van der Waals surface area contributed by atoms with Gasteiger partial charge >= 0.3 is 0 Å². The van der Waals surface area contributed by atoms with Crippen LogP contribution in [-0.2, 0) is 13.0 Å². The van der Waals surface area contributed by atoms with Crippen LogP contribution in [-0.4, -0.2) is 26.6 Å². The molecule has 1 atom stereocenters. The van der Waals surface area contributed by atoms with E-state index in [0.717, 1.165) is 27.7 Å². The first-order chi connectivity index (χ1) is 13.7. The largest absolute Gasteiger partial charge is 0.361 e. The lowest BCUT2D eigenvalue weighted by Gasteiger charge is -2.32. The van der Waals surface area contributed by atoms with Crippen LogP contribution in [0.2, 0.25) is 0 Å². The summed E-state index contributed by atoms with van der Waals surface area (Å²) in [6.07, 6.45) is 8.05. The minimum Gasteiger partial charge on any atom is -0.361 e. The molecule has 0 bridgehead atoms. The second-order valence-electron chi connectivity index (χ2n) is 7.14. The van der Waals surface area contributed by atoms with Gasteiger partial charge in [0.1, 0.15) is 5.66 Å². The molecule has 0 amide bonds. The minimum absolute atomic E-state index is 0.570. The molecule has 1 aliphatic heterocycles. The van der Waals surface area contributed by atoms with Gasteiger partial charge in [-0.15, -0.1) is 0 Å². The molecule has 2 aromatic carbocycles. The number of nitrogens with two attached hydrogens (primary N) is 1. The Morgan fingerprint density at radius 1 is 1.00 bits per heavy atom. The van der Waals surface area contributed by atoms with E-state index in [1.165, 1.54) is 5.39 Å². The first kappa shape index (κ1) is 16.6. The fourth-order valence-electron chi connectivity index (χ4n) is 3.56. The van der Waals surface area contributed by atoms with Crippen LogP contribution in [0.4, 0.5) is 0 Å². The maximum atomic E-state index is 6.58. The van der Waals surface area contributed by atoms with E-state index < -0.39 is 5.66 Å². The molecule has 7 heteroatoms. The number of guanidine groups is 1. The summed E-state index contributed by atoms with van der Waals surface area (Å²) in [6.45, 7) is 0.570. The molecule has 4 aromatic rings. The monoisotopic (exact) mass is 371 g/mol. The summed E-state index contributed by atoms with van der Waals surface area (Å²) < 4.78 is 0. The smallest absolute Gasteiger partial charge is 0.197 e. The van der Waals surface area contributed by atoms with Gasteiger partial charge in [0.2, 0.25) is 0 Å². The highest BCUT2D eigenvalue weighted by Gasteiger charge is 2.26. The lowest BCUT2D eigenvalue weighted by molar-refractivity contribution is 0.472. The Kier molecular flexibility index (Phi) is 3.87. The summed E-state index contributed by atoms with van der Waals surface area (Å²) in [4.78, 5) is 15.3. The van der Waals surface area contributed by atoms with Crippen molar-refractivity contribution in [1.29, 1.82) is 0 Å². The normalized spacial score (nSPS) is 20.5. The Labute approximate surface area is 161 Å². The Morgan fingerprint density at radius 3 is 2.89 bits per heavy atom. The molecule has 0 radical (unpaired) electrons. The molecule has 28 heavy (non-hydrogen) atoms. The Hall–Kier alpha value is -3.58. The van der Waals surface area contributed by atoms with Gasteiger partial charge in [-0.2, -0.15) is 0 Å². The van der Waals surface area contributed by atoms with Crippen molar-refractivity contribution in [1.82, 2.24) is 25.6 Å². The first-order valence-electron chi connectivity index (χ1n) is 9.21. The number of aromatic amines is 2. The summed E-state index contributed by atoms with van der Waals surface area (Å²) in [7, 11) is 0. The molecule has 2 aromatic heterocycles. The molecule has 140 valence electrons. The fourth-order valence-corrected chi connectivity index (χ4v) is 3.56. The summed E-state index contributed by atoms with van der Waals surface area (Å²) in [5.74, 6) is 0.668. The van der Waals surface area contributed by atoms with Gasteiger partial charge in [0.05, 0.1) is 23.9 Å². The number of nitrogens with zero attached hydrogens (tertiary/aromatic N) is 2. The zero-order chi connectivity index (χ0) is 19.0. The van der Waals surface area contributed by atoms with E-state index in [0.29, 0.717) is 18.9 Å². The molecule has 6 N–H and O–H groups in total. The lowest BCUT2D eigenvalue weighted by Crippen LogP contribution is -2.61. The highest BCUT2D eigenvalue weighted by molar-refractivity contribution is 5.83. The first-order valence-corrected chi connectivity index (χ1v) is 9.21. The lowest BCUT2D eigenvalue weighted by atomic mass is 9.99. The molecule has 0 fully saturated rings. The maximum absolute atomic E-state index is 6.58. The predicted octanol–water partition coefficient (Wildman–Crippen LogP) is 2.50. The number of fused-ring (bicyclic) bond motifs is 2. The molecule has 0 aliphatic carbocycles. The van der Waals surface area contributed by atoms with Gasteiger partial charge in [-0.3, -0.25) is 0 Å². The molecule has 0 saturated heterocycles. The van der Waals surface area contributed by atoms with Gasteiger partial charge in [-0.25, -0.2) is 9.98 Å². The van der Waals surface area contributed by atoms with Gasteiger partial charge in [0.15, 0.2) is 5.96 Å². The zero-order valence-corrected chi connectivity index (χ0v) is 15.2. The van der Waals surface area contributed by atoms with Crippen molar-refractivity contribution in [3.8, 4) is 0 Å². The Bertz CT molecular complexity index is 1200. The number of imidazole rings is 1. The molecule has 7 nitrogen and oxygen atoms in total. The highest BCUT2D eigenvalue weighted by atomic mass is 15.3. The molecular formula is C21H21N7. The molecule has 0 spiro atoms. The number of nitrogens with one attached hydrogen (secondary N) is 4. The van der Waals surface area contributed by atoms with E-state index in [4.69, 9.17) is 5.73 Å². The van der Waals surface area contributed by atoms with Crippen molar-refractivity contribution in [2.45, 2.75) is 18.6 Å². The van der Waals surface area contributed by atoms with Crippen molar-refractivity contribution in [2.75, 3.05) is 0 Å². The van der Waals surface area contributed by atoms with Gasteiger partial charge in [-0.1, -0.05) is 12.1 Å². The van der Waals surface area contributed by atoms with Crippen LogP contribution in [0.1, 0.15) is 11.1 Å². The topological polar surface area (TPSA) is 107 Å². The van der Waals surface area contributed by atoms with E-state index in [2.05, 4.69) is 67.0 Å². The highest BCUT2D eigenvalue weighted by Crippen LogP contribution is 2.18. The second-order valence-corrected chi connectivity index (χ2v) is 7.14. The van der Waals surface area contributed by atoms with Gasteiger partial charge in [0.25, 0.3) is 0 Å².